The molecule has 0 aliphatic carbocycles. The number of aromatic nitrogens is 1. The molecular formula is C14H8N2S. The maximum atomic E-state index is 7.17. The Morgan fingerprint density at radius 1 is 1.00 bits per heavy atom. The molecule has 0 bridgehead atoms. The van der Waals surface area contributed by atoms with E-state index in [9.17, 15) is 0 Å². The van der Waals surface area contributed by atoms with Gasteiger partial charge in [-0.2, -0.15) is 0 Å². The molecule has 17 heavy (non-hydrogen) atoms. The van der Waals surface area contributed by atoms with E-state index in [0.29, 0.717) is 5.69 Å². The van der Waals surface area contributed by atoms with Crippen LogP contribution in [0, 0.1) is 6.57 Å². The summed E-state index contributed by atoms with van der Waals surface area (Å²) in [5.74, 6) is 0. The highest BCUT2D eigenvalue weighted by Gasteiger charge is 2.09. The zero-order valence-electron chi connectivity index (χ0n) is 8.92. The van der Waals surface area contributed by atoms with Crippen molar-refractivity contribution in [2.24, 2.45) is 0 Å². The third-order valence-electron chi connectivity index (χ3n) is 2.55. The zero-order chi connectivity index (χ0) is 11.7. The number of nitrogens with zero attached hydrogens (tertiary/aromatic N) is 2. The number of fused-ring (bicyclic) bond motifs is 1. The van der Waals surface area contributed by atoms with Crippen LogP contribution in [0.25, 0.3) is 25.6 Å². The van der Waals surface area contributed by atoms with Crippen LogP contribution in [0.5, 0.6) is 0 Å². The van der Waals surface area contributed by atoms with Crippen molar-refractivity contribution >= 4 is 27.2 Å². The minimum Gasteiger partial charge on any atom is -0.237 e. The molecule has 0 saturated carbocycles. The van der Waals surface area contributed by atoms with Crippen LogP contribution < -0.4 is 0 Å². The Morgan fingerprint density at radius 3 is 2.59 bits per heavy atom. The average Bonchev–Trinajstić information content (AvgIpc) is 2.82. The van der Waals surface area contributed by atoms with Crippen LogP contribution in [0.4, 0.5) is 5.69 Å². The van der Waals surface area contributed by atoms with Gasteiger partial charge in [-0.15, -0.1) is 11.3 Å². The monoisotopic (exact) mass is 236 g/mol. The molecule has 1 aromatic heterocycles. The van der Waals surface area contributed by atoms with Gasteiger partial charge in [0.25, 0.3) is 0 Å². The minimum atomic E-state index is 0.659. The number of hydrogen-bond acceptors (Lipinski definition) is 2. The molecule has 3 rings (SSSR count). The standard InChI is InChI=1S/C14H8N2S/c1-15-11-7-3-2-6-10(11)14-16-12-8-4-5-9-13(12)17-14/h2-9H. The van der Waals surface area contributed by atoms with Crippen molar-refractivity contribution in [3.05, 3.63) is 59.9 Å². The van der Waals surface area contributed by atoms with Gasteiger partial charge in [0.15, 0.2) is 5.69 Å². The van der Waals surface area contributed by atoms with Crippen LogP contribution in [-0.2, 0) is 0 Å². The van der Waals surface area contributed by atoms with Crippen LogP contribution in [0.2, 0.25) is 0 Å². The minimum absolute atomic E-state index is 0.659. The topological polar surface area (TPSA) is 17.2 Å². The van der Waals surface area contributed by atoms with Crippen molar-refractivity contribution in [2.75, 3.05) is 0 Å². The van der Waals surface area contributed by atoms with Crippen LogP contribution in [-0.4, -0.2) is 4.98 Å². The molecule has 3 heteroatoms. The number of hydrogen-bond donors (Lipinski definition) is 0. The zero-order valence-corrected chi connectivity index (χ0v) is 9.74. The summed E-state index contributed by atoms with van der Waals surface area (Å²) in [6, 6.07) is 15.6. The van der Waals surface area contributed by atoms with E-state index >= 15 is 0 Å². The van der Waals surface area contributed by atoms with Gasteiger partial charge in [-0.25, -0.2) is 9.83 Å². The van der Waals surface area contributed by atoms with Gasteiger partial charge in [0, 0.05) is 5.56 Å². The Morgan fingerprint density at radius 2 is 1.76 bits per heavy atom. The fourth-order valence-electron chi connectivity index (χ4n) is 1.74. The number of benzene rings is 2. The van der Waals surface area contributed by atoms with Gasteiger partial charge >= 0.3 is 0 Å². The molecule has 1 heterocycles. The van der Waals surface area contributed by atoms with E-state index in [1.54, 1.807) is 11.3 Å². The molecule has 80 valence electrons. The van der Waals surface area contributed by atoms with Gasteiger partial charge in [-0.3, -0.25) is 0 Å². The summed E-state index contributed by atoms with van der Waals surface area (Å²) in [6.45, 7) is 7.17. The summed E-state index contributed by atoms with van der Waals surface area (Å²) in [7, 11) is 0. The molecule has 0 spiro atoms. The van der Waals surface area contributed by atoms with Crippen molar-refractivity contribution in [1.82, 2.24) is 4.98 Å². The fraction of sp³-hybridized carbons (Fsp3) is 0. The molecule has 0 N–H and O–H groups in total. The van der Waals surface area contributed by atoms with Gasteiger partial charge in [-0.1, -0.05) is 36.4 Å². The first-order valence-electron chi connectivity index (χ1n) is 5.21. The van der Waals surface area contributed by atoms with Gasteiger partial charge in [0.05, 0.1) is 16.8 Å². The average molecular weight is 236 g/mol. The van der Waals surface area contributed by atoms with Crippen LogP contribution >= 0.6 is 11.3 Å². The van der Waals surface area contributed by atoms with Crippen molar-refractivity contribution in [2.45, 2.75) is 0 Å². The van der Waals surface area contributed by atoms with E-state index in [1.165, 1.54) is 0 Å². The second-order valence-electron chi connectivity index (χ2n) is 3.62. The van der Waals surface area contributed by atoms with Crippen molar-refractivity contribution in [3.63, 3.8) is 0 Å². The van der Waals surface area contributed by atoms with Gasteiger partial charge < -0.3 is 0 Å². The maximum Gasteiger partial charge on any atom is 0.197 e. The molecule has 3 aromatic rings. The Hall–Kier alpha value is -2.18. The molecule has 0 aliphatic rings. The van der Waals surface area contributed by atoms with E-state index in [-0.39, 0.29) is 0 Å². The fourth-order valence-corrected chi connectivity index (χ4v) is 2.74. The molecule has 2 nitrogen and oxygen atoms in total. The molecule has 2 aromatic carbocycles. The first kappa shape index (κ1) is 10.0. The third-order valence-corrected chi connectivity index (χ3v) is 3.62. The summed E-state index contributed by atoms with van der Waals surface area (Å²) in [4.78, 5) is 8.10. The Kier molecular flexibility index (Phi) is 2.36. The lowest BCUT2D eigenvalue weighted by Crippen LogP contribution is -1.75. The van der Waals surface area contributed by atoms with Crippen LogP contribution in [0.3, 0.4) is 0 Å². The summed E-state index contributed by atoms with van der Waals surface area (Å²) in [5.41, 5.74) is 2.57. The predicted molar refractivity (Wildman–Crippen MR) is 71.3 cm³/mol. The Bertz CT molecular complexity index is 689. The molecule has 0 amide bonds. The van der Waals surface area contributed by atoms with E-state index in [0.717, 1.165) is 20.8 Å². The van der Waals surface area contributed by atoms with Gasteiger partial charge in [0.1, 0.15) is 5.01 Å². The molecule has 0 radical (unpaired) electrons. The van der Waals surface area contributed by atoms with Crippen molar-refractivity contribution in [3.8, 4) is 10.6 Å². The predicted octanol–water partition coefficient (Wildman–Crippen LogP) is 4.51. The Balaban J connectivity index is 2.25. The molecular weight excluding hydrogens is 228 g/mol. The lowest BCUT2D eigenvalue weighted by molar-refractivity contribution is 1.48. The maximum absolute atomic E-state index is 7.17. The highest BCUT2D eigenvalue weighted by atomic mass is 32.1. The SMILES string of the molecule is [C-]#[N+]c1ccccc1-c1nc2ccccc2s1. The van der Waals surface area contributed by atoms with E-state index in [1.807, 2.05) is 42.5 Å². The summed E-state index contributed by atoms with van der Waals surface area (Å²) in [5, 5.41) is 0.915. The number of rotatable bonds is 1. The molecule has 0 saturated heterocycles. The summed E-state index contributed by atoms with van der Waals surface area (Å²) >= 11 is 1.63. The van der Waals surface area contributed by atoms with Crippen LogP contribution in [0.1, 0.15) is 0 Å². The molecule has 0 fully saturated rings. The summed E-state index contributed by atoms with van der Waals surface area (Å²) in [6.07, 6.45) is 0. The second kappa shape index (κ2) is 4.00. The number of thiazole rings is 1. The largest absolute Gasteiger partial charge is 0.237 e. The molecule has 0 aliphatic heterocycles. The lowest BCUT2D eigenvalue weighted by Gasteiger charge is -1.97. The summed E-state index contributed by atoms with van der Waals surface area (Å²) < 4.78 is 1.15. The lowest BCUT2D eigenvalue weighted by atomic mass is 10.2. The van der Waals surface area contributed by atoms with Crippen LogP contribution in [0.15, 0.2) is 48.5 Å². The van der Waals surface area contributed by atoms with Crippen molar-refractivity contribution < 1.29 is 0 Å². The van der Waals surface area contributed by atoms with E-state index in [2.05, 4.69) is 15.9 Å². The number of para-hydroxylation sites is 2. The quantitative estimate of drug-likeness (QED) is 0.568. The first-order valence-corrected chi connectivity index (χ1v) is 6.02. The van der Waals surface area contributed by atoms with Crippen molar-refractivity contribution in [1.29, 1.82) is 0 Å². The highest BCUT2D eigenvalue weighted by Crippen LogP contribution is 2.35. The highest BCUT2D eigenvalue weighted by molar-refractivity contribution is 7.21. The third kappa shape index (κ3) is 1.69. The Labute approximate surface area is 103 Å². The van der Waals surface area contributed by atoms with E-state index < -0.39 is 0 Å². The normalized spacial score (nSPS) is 10.3. The molecule has 0 unspecified atom stereocenters. The van der Waals surface area contributed by atoms with Gasteiger partial charge in [0.2, 0.25) is 0 Å². The molecule has 0 atom stereocenters. The van der Waals surface area contributed by atoms with E-state index in [4.69, 9.17) is 6.57 Å². The second-order valence-corrected chi connectivity index (χ2v) is 4.65. The smallest absolute Gasteiger partial charge is 0.197 e. The first-order chi connectivity index (χ1) is 8.38. The van der Waals surface area contributed by atoms with Gasteiger partial charge in [-0.05, 0) is 12.1 Å².